The predicted octanol–water partition coefficient (Wildman–Crippen LogP) is 6.65. The summed E-state index contributed by atoms with van der Waals surface area (Å²) in [5.74, 6) is 0.395. The molecule has 0 saturated carbocycles. The van der Waals surface area contributed by atoms with Crippen LogP contribution in [0.25, 0.3) is 0 Å². The molecule has 36 heavy (non-hydrogen) atoms. The van der Waals surface area contributed by atoms with Gasteiger partial charge in [-0.15, -0.1) is 0 Å². The number of halogens is 3. The molecule has 1 heterocycles. The zero-order chi connectivity index (χ0) is 25.7. The lowest BCUT2D eigenvalue weighted by molar-refractivity contribution is 0.0746. The van der Waals surface area contributed by atoms with Gasteiger partial charge in [-0.05, 0) is 67.1 Å². The van der Waals surface area contributed by atoms with Crippen LogP contribution in [-0.4, -0.2) is 49.5 Å². The highest BCUT2D eigenvalue weighted by atomic mass is 35.5. The maximum atomic E-state index is 12.9. The Morgan fingerprint density at radius 1 is 0.889 bits per heavy atom. The average molecular weight is 547 g/mol. The van der Waals surface area contributed by atoms with Crippen molar-refractivity contribution in [2.24, 2.45) is 0 Å². The second-order valence-electron chi connectivity index (χ2n) is 8.40. The normalized spacial score (nSPS) is 13.4. The number of amides is 2. The molecule has 1 saturated heterocycles. The summed E-state index contributed by atoms with van der Waals surface area (Å²) in [6.45, 7) is 5.15. The lowest BCUT2D eigenvalue weighted by Crippen LogP contribution is -2.48. The van der Waals surface area contributed by atoms with Crippen molar-refractivity contribution in [2.75, 3.05) is 43.0 Å². The van der Waals surface area contributed by atoms with Crippen molar-refractivity contribution < 1.29 is 14.3 Å². The van der Waals surface area contributed by atoms with E-state index < -0.39 is 0 Å². The molecule has 3 aromatic carbocycles. The molecule has 0 bridgehead atoms. The Hall–Kier alpha value is -2.93. The number of carbonyl (C=O) groups excluding carboxylic acids is 2. The minimum atomic E-state index is -0.372. The van der Waals surface area contributed by atoms with E-state index in [2.05, 4.69) is 17.1 Å². The zero-order valence-electron chi connectivity index (χ0n) is 19.8. The fraction of sp³-hybridized carbons (Fsp3) is 0.259. The third kappa shape index (κ3) is 6.25. The number of anilines is 2. The first-order valence-electron chi connectivity index (χ1n) is 11.7. The van der Waals surface area contributed by atoms with E-state index in [1.54, 1.807) is 36.4 Å². The molecule has 4 rings (SSSR count). The highest BCUT2D eigenvalue weighted by Crippen LogP contribution is 2.31. The molecule has 2 amide bonds. The van der Waals surface area contributed by atoms with E-state index in [1.807, 2.05) is 23.1 Å². The van der Waals surface area contributed by atoms with Gasteiger partial charge in [0.1, 0.15) is 5.75 Å². The topological polar surface area (TPSA) is 61.9 Å². The number of benzene rings is 3. The number of nitrogens with zero attached hydrogens (tertiary/aromatic N) is 2. The molecular formula is C27H26Cl3N3O3. The summed E-state index contributed by atoms with van der Waals surface area (Å²) < 4.78 is 5.59. The molecule has 0 aliphatic carbocycles. The highest BCUT2D eigenvalue weighted by Gasteiger charge is 2.24. The largest absolute Gasteiger partial charge is 0.494 e. The molecular weight excluding hydrogens is 521 g/mol. The molecule has 1 fully saturated rings. The van der Waals surface area contributed by atoms with Gasteiger partial charge in [-0.3, -0.25) is 9.59 Å². The first kappa shape index (κ1) is 26.1. The summed E-state index contributed by atoms with van der Waals surface area (Å²) in [6.07, 6.45) is 0.935. The van der Waals surface area contributed by atoms with Crippen LogP contribution in [0.4, 0.5) is 11.4 Å². The van der Waals surface area contributed by atoms with Gasteiger partial charge in [0, 0.05) is 42.5 Å². The van der Waals surface area contributed by atoms with Crippen molar-refractivity contribution in [3.05, 3.63) is 86.9 Å². The quantitative estimate of drug-likeness (QED) is 0.360. The average Bonchev–Trinajstić information content (AvgIpc) is 2.89. The minimum Gasteiger partial charge on any atom is -0.494 e. The molecule has 1 aliphatic rings. The van der Waals surface area contributed by atoms with Crippen molar-refractivity contribution in [2.45, 2.75) is 13.3 Å². The molecule has 1 N–H and O–H groups in total. The molecule has 0 spiro atoms. The molecule has 9 heteroatoms. The predicted molar refractivity (Wildman–Crippen MR) is 146 cm³/mol. The van der Waals surface area contributed by atoms with Gasteiger partial charge >= 0.3 is 0 Å². The summed E-state index contributed by atoms with van der Waals surface area (Å²) in [5, 5.41) is 4.05. The molecule has 1 aliphatic heterocycles. The Labute approximate surface area is 225 Å². The van der Waals surface area contributed by atoms with Gasteiger partial charge in [0.15, 0.2) is 0 Å². The van der Waals surface area contributed by atoms with Crippen LogP contribution in [-0.2, 0) is 0 Å². The van der Waals surface area contributed by atoms with Crippen LogP contribution in [0.5, 0.6) is 5.75 Å². The van der Waals surface area contributed by atoms with Crippen LogP contribution >= 0.6 is 34.8 Å². The van der Waals surface area contributed by atoms with E-state index in [4.69, 9.17) is 39.5 Å². The van der Waals surface area contributed by atoms with E-state index in [0.717, 1.165) is 17.9 Å². The number of hydrogen-bond donors (Lipinski definition) is 1. The molecule has 3 aromatic rings. The van der Waals surface area contributed by atoms with E-state index >= 15 is 0 Å². The van der Waals surface area contributed by atoms with Gasteiger partial charge in [0.2, 0.25) is 0 Å². The third-order valence-electron chi connectivity index (χ3n) is 5.86. The maximum absolute atomic E-state index is 12.9. The van der Waals surface area contributed by atoms with E-state index in [0.29, 0.717) is 59.1 Å². The molecule has 0 atom stereocenters. The Morgan fingerprint density at radius 3 is 2.28 bits per heavy atom. The fourth-order valence-electron chi connectivity index (χ4n) is 3.96. The van der Waals surface area contributed by atoms with Gasteiger partial charge in [-0.25, -0.2) is 0 Å². The number of nitrogens with one attached hydrogen (secondary N) is 1. The molecule has 188 valence electrons. The molecule has 0 unspecified atom stereocenters. The monoisotopic (exact) mass is 545 g/mol. The summed E-state index contributed by atoms with van der Waals surface area (Å²) in [6, 6.07) is 17.4. The summed E-state index contributed by atoms with van der Waals surface area (Å²) >= 11 is 18.7. The van der Waals surface area contributed by atoms with Crippen molar-refractivity contribution in [1.82, 2.24) is 4.90 Å². The molecule has 6 nitrogen and oxygen atoms in total. The number of piperazine rings is 1. The van der Waals surface area contributed by atoms with Crippen molar-refractivity contribution in [3.8, 4) is 5.75 Å². The Balaban J connectivity index is 1.35. The van der Waals surface area contributed by atoms with Gasteiger partial charge in [-0.1, -0.05) is 41.7 Å². The number of rotatable bonds is 7. The van der Waals surface area contributed by atoms with E-state index in [1.165, 1.54) is 6.07 Å². The third-order valence-corrected chi connectivity index (χ3v) is 6.73. The highest BCUT2D eigenvalue weighted by molar-refractivity contribution is 6.36. The lowest BCUT2D eigenvalue weighted by Gasteiger charge is -2.36. The standard InChI is InChI=1S/C27H26Cl3N3O3/c1-2-15-36-21-7-3-18(4-8-21)27(35)33-13-11-32(12-14-33)25-10-6-20(17-24(25)30)31-26(34)22-16-19(28)5-9-23(22)29/h3-10,16-17H,2,11-15H2,1H3,(H,31,34). The summed E-state index contributed by atoms with van der Waals surface area (Å²) in [5.41, 5.74) is 2.32. The summed E-state index contributed by atoms with van der Waals surface area (Å²) in [7, 11) is 0. The number of carbonyl (C=O) groups is 2. The molecule has 0 radical (unpaired) electrons. The summed E-state index contributed by atoms with van der Waals surface area (Å²) in [4.78, 5) is 29.5. The fourth-order valence-corrected chi connectivity index (χ4v) is 4.63. The van der Waals surface area contributed by atoms with Crippen LogP contribution in [0.2, 0.25) is 15.1 Å². The smallest absolute Gasteiger partial charge is 0.257 e. The van der Waals surface area contributed by atoms with Crippen LogP contribution in [0.1, 0.15) is 34.1 Å². The van der Waals surface area contributed by atoms with Crippen molar-refractivity contribution in [3.63, 3.8) is 0 Å². The van der Waals surface area contributed by atoms with Gasteiger partial charge < -0.3 is 19.9 Å². The van der Waals surface area contributed by atoms with Crippen LogP contribution in [0.3, 0.4) is 0 Å². The van der Waals surface area contributed by atoms with Gasteiger partial charge in [0.25, 0.3) is 11.8 Å². The van der Waals surface area contributed by atoms with Gasteiger partial charge in [-0.2, -0.15) is 0 Å². The van der Waals surface area contributed by atoms with Crippen molar-refractivity contribution in [1.29, 1.82) is 0 Å². The molecule has 0 aromatic heterocycles. The first-order valence-corrected chi connectivity index (χ1v) is 12.8. The minimum absolute atomic E-state index is 0.000486. The second-order valence-corrected chi connectivity index (χ2v) is 9.65. The van der Waals surface area contributed by atoms with Crippen LogP contribution in [0.15, 0.2) is 60.7 Å². The first-order chi connectivity index (χ1) is 17.4. The van der Waals surface area contributed by atoms with E-state index in [-0.39, 0.29) is 17.4 Å². The number of hydrogen-bond acceptors (Lipinski definition) is 4. The SMILES string of the molecule is CCCOc1ccc(C(=O)N2CCN(c3ccc(NC(=O)c4cc(Cl)ccc4Cl)cc3Cl)CC2)cc1. The Morgan fingerprint density at radius 2 is 1.61 bits per heavy atom. The number of ether oxygens (including phenoxy) is 1. The van der Waals surface area contributed by atoms with Gasteiger partial charge in [0.05, 0.1) is 27.9 Å². The van der Waals surface area contributed by atoms with Crippen LogP contribution in [0, 0.1) is 0 Å². The van der Waals surface area contributed by atoms with E-state index in [9.17, 15) is 9.59 Å². The maximum Gasteiger partial charge on any atom is 0.257 e. The Kier molecular flexibility index (Phi) is 8.62. The zero-order valence-corrected chi connectivity index (χ0v) is 22.0. The van der Waals surface area contributed by atoms with Crippen molar-refractivity contribution >= 4 is 58.0 Å². The van der Waals surface area contributed by atoms with Crippen LogP contribution < -0.4 is 15.0 Å². The second kappa shape index (κ2) is 11.9. The Bertz CT molecular complexity index is 1240. The lowest BCUT2D eigenvalue weighted by atomic mass is 10.1.